The van der Waals surface area contributed by atoms with Crippen molar-refractivity contribution in [2.24, 2.45) is 5.73 Å². The quantitative estimate of drug-likeness (QED) is 0.794. The van der Waals surface area contributed by atoms with Crippen LogP contribution in [-0.2, 0) is 4.79 Å². The van der Waals surface area contributed by atoms with Gasteiger partial charge in [-0.1, -0.05) is 17.7 Å². The van der Waals surface area contributed by atoms with E-state index in [1.54, 1.807) is 18.2 Å². The minimum Gasteiger partial charge on any atom is -0.330 e. The Balaban J connectivity index is 2.09. The number of benzene rings is 2. The summed E-state index contributed by atoms with van der Waals surface area (Å²) in [4.78, 5) is 23.8. The molecule has 0 aromatic heterocycles. The average molecular weight is 311 g/mol. The second-order valence-corrected chi connectivity index (χ2v) is 5.44. The molecule has 0 saturated carbocycles. The highest BCUT2D eigenvalue weighted by atomic mass is 16.2. The smallest absolute Gasteiger partial charge is 0.255 e. The third-order valence-electron chi connectivity index (χ3n) is 3.41. The zero-order valence-corrected chi connectivity index (χ0v) is 13.3. The summed E-state index contributed by atoms with van der Waals surface area (Å²) in [6.45, 7) is 4.14. The fourth-order valence-corrected chi connectivity index (χ4v) is 2.22. The SMILES string of the molecule is Cc1cccc(C(=O)Nc2ccc(NC(=O)CCN)cc2C)c1. The Labute approximate surface area is 135 Å². The molecular weight excluding hydrogens is 290 g/mol. The predicted molar refractivity (Wildman–Crippen MR) is 92.6 cm³/mol. The van der Waals surface area contributed by atoms with Crippen LogP contribution >= 0.6 is 0 Å². The maximum absolute atomic E-state index is 12.3. The van der Waals surface area contributed by atoms with Gasteiger partial charge in [-0.25, -0.2) is 0 Å². The summed E-state index contributed by atoms with van der Waals surface area (Å²) in [5, 5.41) is 5.66. The molecule has 23 heavy (non-hydrogen) atoms. The molecule has 0 fully saturated rings. The van der Waals surface area contributed by atoms with Gasteiger partial charge in [0.05, 0.1) is 0 Å². The zero-order chi connectivity index (χ0) is 16.8. The van der Waals surface area contributed by atoms with Crippen molar-refractivity contribution in [2.45, 2.75) is 20.3 Å². The van der Waals surface area contributed by atoms with Gasteiger partial charge in [0.15, 0.2) is 0 Å². The van der Waals surface area contributed by atoms with Crippen LogP contribution in [0, 0.1) is 13.8 Å². The lowest BCUT2D eigenvalue weighted by Crippen LogP contribution is -2.16. The maximum atomic E-state index is 12.3. The Hall–Kier alpha value is -2.66. The van der Waals surface area contributed by atoms with Gasteiger partial charge in [-0.3, -0.25) is 9.59 Å². The molecule has 2 amide bonds. The lowest BCUT2D eigenvalue weighted by molar-refractivity contribution is -0.116. The first-order valence-corrected chi connectivity index (χ1v) is 7.48. The van der Waals surface area contributed by atoms with E-state index >= 15 is 0 Å². The van der Waals surface area contributed by atoms with Gasteiger partial charge >= 0.3 is 0 Å². The van der Waals surface area contributed by atoms with Gasteiger partial charge < -0.3 is 16.4 Å². The van der Waals surface area contributed by atoms with Crippen LogP contribution in [0.4, 0.5) is 11.4 Å². The third-order valence-corrected chi connectivity index (χ3v) is 3.41. The number of carbonyl (C=O) groups is 2. The molecule has 0 aliphatic heterocycles. The molecule has 120 valence electrons. The van der Waals surface area contributed by atoms with Crippen molar-refractivity contribution >= 4 is 23.2 Å². The van der Waals surface area contributed by atoms with Gasteiger partial charge in [-0.2, -0.15) is 0 Å². The largest absolute Gasteiger partial charge is 0.330 e. The van der Waals surface area contributed by atoms with Crippen LogP contribution in [0.5, 0.6) is 0 Å². The van der Waals surface area contributed by atoms with Crippen molar-refractivity contribution in [3.05, 3.63) is 59.2 Å². The number of carbonyl (C=O) groups excluding carboxylic acids is 2. The lowest BCUT2D eigenvalue weighted by atomic mass is 10.1. The van der Waals surface area contributed by atoms with E-state index in [-0.39, 0.29) is 18.2 Å². The maximum Gasteiger partial charge on any atom is 0.255 e. The van der Waals surface area contributed by atoms with Crippen LogP contribution in [0.1, 0.15) is 27.9 Å². The molecule has 0 atom stereocenters. The van der Waals surface area contributed by atoms with Crippen molar-refractivity contribution in [2.75, 3.05) is 17.2 Å². The van der Waals surface area contributed by atoms with Gasteiger partial charge in [-0.15, -0.1) is 0 Å². The number of amides is 2. The molecule has 0 aliphatic rings. The number of hydrogen-bond donors (Lipinski definition) is 3. The van der Waals surface area contributed by atoms with E-state index in [1.165, 1.54) is 0 Å². The summed E-state index contributed by atoms with van der Waals surface area (Å²) < 4.78 is 0. The number of nitrogens with one attached hydrogen (secondary N) is 2. The van der Waals surface area contributed by atoms with Crippen molar-refractivity contribution in [3.63, 3.8) is 0 Å². The minimum absolute atomic E-state index is 0.122. The van der Waals surface area contributed by atoms with Gasteiger partial charge in [0.2, 0.25) is 5.91 Å². The van der Waals surface area contributed by atoms with E-state index in [2.05, 4.69) is 10.6 Å². The van der Waals surface area contributed by atoms with E-state index in [0.29, 0.717) is 23.5 Å². The van der Waals surface area contributed by atoms with Crippen LogP contribution < -0.4 is 16.4 Å². The highest BCUT2D eigenvalue weighted by Gasteiger charge is 2.09. The molecule has 0 aliphatic carbocycles. The fourth-order valence-electron chi connectivity index (χ4n) is 2.22. The Bertz CT molecular complexity index is 726. The van der Waals surface area contributed by atoms with Crippen LogP contribution in [-0.4, -0.2) is 18.4 Å². The van der Waals surface area contributed by atoms with Gasteiger partial charge in [0, 0.05) is 29.9 Å². The van der Waals surface area contributed by atoms with Gasteiger partial charge in [0.25, 0.3) is 5.91 Å². The predicted octanol–water partition coefficient (Wildman–Crippen LogP) is 2.84. The number of hydrogen-bond acceptors (Lipinski definition) is 3. The number of rotatable bonds is 5. The first kappa shape index (κ1) is 16.7. The van der Waals surface area contributed by atoms with E-state index in [1.807, 2.05) is 38.1 Å². The number of nitrogens with two attached hydrogens (primary N) is 1. The van der Waals surface area contributed by atoms with Crippen LogP contribution in [0.15, 0.2) is 42.5 Å². The van der Waals surface area contributed by atoms with E-state index < -0.39 is 0 Å². The van der Waals surface area contributed by atoms with Crippen molar-refractivity contribution in [3.8, 4) is 0 Å². The number of anilines is 2. The van der Waals surface area contributed by atoms with E-state index in [0.717, 1.165) is 11.1 Å². The zero-order valence-electron chi connectivity index (χ0n) is 13.3. The molecule has 2 rings (SSSR count). The molecule has 2 aromatic carbocycles. The molecular formula is C18H21N3O2. The van der Waals surface area contributed by atoms with Crippen molar-refractivity contribution in [1.29, 1.82) is 0 Å². The standard InChI is InChI=1S/C18H21N3O2/c1-12-4-3-5-14(10-12)18(23)21-16-7-6-15(11-13(16)2)20-17(22)8-9-19/h3-7,10-11H,8-9,19H2,1-2H3,(H,20,22)(H,21,23). The average Bonchev–Trinajstić information content (AvgIpc) is 2.50. The number of aryl methyl sites for hydroxylation is 2. The van der Waals surface area contributed by atoms with E-state index in [4.69, 9.17) is 5.73 Å². The molecule has 5 nitrogen and oxygen atoms in total. The second kappa shape index (κ2) is 7.56. The molecule has 5 heteroatoms. The van der Waals surface area contributed by atoms with Crippen molar-refractivity contribution < 1.29 is 9.59 Å². The normalized spacial score (nSPS) is 10.2. The highest BCUT2D eigenvalue weighted by molar-refractivity contribution is 6.05. The van der Waals surface area contributed by atoms with E-state index in [9.17, 15) is 9.59 Å². The minimum atomic E-state index is -0.156. The summed E-state index contributed by atoms with van der Waals surface area (Å²) in [6, 6.07) is 12.8. The van der Waals surface area contributed by atoms with Crippen molar-refractivity contribution in [1.82, 2.24) is 0 Å². The Kier molecular flexibility index (Phi) is 5.49. The molecule has 2 aromatic rings. The monoisotopic (exact) mass is 311 g/mol. The molecule has 0 radical (unpaired) electrons. The van der Waals surface area contributed by atoms with Crippen LogP contribution in [0.3, 0.4) is 0 Å². The first-order chi connectivity index (χ1) is 11.0. The van der Waals surface area contributed by atoms with Crippen LogP contribution in [0.25, 0.3) is 0 Å². The molecule has 4 N–H and O–H groups in total. The Morgan fingerprint density at radius 1 is 1.04 bits per heavy atom. The lowest BCUT2D eigenvalue weighted by Gasteiger charge is -2.11. The molecule has 0 heterocycles. The summed E-state index contributed by atoms with van der Waals surface area (Å²) in [5.74, 6) is -0.278. The summed E-state index contributed by atoms with van der Waals surface area (Å²) in [5.41, 5.74) is 9.28. The first-order valence-electron chi connectivity index (χ1n) is 7.48. The molecule has 0 saturated heterocycles. The van der Waals surface area contributed by atoms with Gasteiger partial charge in [0.1, 0.15) is 0 Å². The molecule has 0 unspecified atom stereocenters. The summed E-state index contributed by atoms with van der Waals surface area (Å²) >= 11 is 0. The molecule has 0 bridgehead atoms. The van der Waals surface area contributed by atoms with Crippen LogP contribution in [0.2, 0.25) is 0 Å². The fraction of sp³-hybridized carbons (Fsp3) is 0.222. The summed E-state index contributed by atoms with van der Waals surface area (Å²) in [6.07, 6.45) is 0.283. The third kappa shape index (κ3) is 4.66. The second-order valence-electron chi connectivity index (χ2n) is 5.44. The van der Waals surface area contributed by atoms with Gasteiger partial charge in [-0.05, 0) is 49.7 Å². The summed E-state index contributed by atoms with van der Waals surface area (Å²) in [7, 11) is 0. The topological polar surface area (TPSA) is 84.2 Å². The Morgan fingerprint density at radius 3 is 2.48 bits per heavy atom. The Morgan fingerprint density at radius 2 is 1.83 bits per heavy atom. The molecule has 0 spiro atoms. The highest BCUT2D eigenvalue weighted by Crippen LogP contribution is 2.20.